The molecule has 2 heteroatoms. The molecule has 1 aromatic heterocycles. The first-order chi connectivity index (χ1) is 9.64. The van der Waals surface area contributed by atoms with Crippen molar-refractivity contribution in [2.45, 2.75) is 59.3 Å². The second kappa shape index (κ2) is 5.32. The molecule has 0 saturated carbocycles. The van der Waals surface area contributed by atoms with E-state index in [1.54, 1.807) is 0 Å². The Hall–Kier alpha value is -1.57. The highest BCUT2D eigenvalue weighted by atomic mass is 15.0. The molecule has 0 atom stereocenters. The molecule has 0 amide bonds. The van der Waals surface area contributed by atoms with Gasteiger partial charge < -0.3 is 5.32 Å². The number of nitrogens with zero attached hydrogens (tertiary/aromatic N) is 1. The minimum Gasteiger partial charge on any atom is -0.370 e. The van der Waals surface area contributed by atoms with E-state index in [9.17, 15) is 0 Å². The second-order valence-electron chi connectivity index (χ2n) is 7.79. The van der Waals surface area contributed by atoms with Crippen LogP contribution in [0, 0.1) is 0 Å². The molecule has 0 radical (unpaired) electrons. The van der Waals surface area contributed by atoms with Gasteiger partial charge in [0.15, 0.2) is 0 Å². The van der Waals surface area contributed by atoms with Crippen LogP contribution in [0.3, 0.4) is 0 Å². The molecule has 2 aromatic rings. The molecule has 21 heavy (non-hydrogen) atoms. The fourth-order valence-electron chi connectivity index (χ4n) is 2.68. The average Bonchev–Trinajstić information content (AvgIpc) is 2.35. The minimum absolute atomic E-state index is 0.0798. The van der Waals surface area contributed by atoms with Crippen molar-refractivity contribution in [3.05, 3.63) is 35.4 Å². The van der Waals surface area contributed by atoms with Gasteiger partial charge in [-0.25, -0.2) is 4.98 Å². The van der Waals surface area contributed by atoms with Crippen molar-refractivity contribution >= 4 is 16.7 Å². The number of para-hydroxylation sites is 1. The van der Waals surface area contributed by atoms with Crippen LogP contribution < -0.4 is 5.32 Å². The van der Waals surface area contributed by atoms with E-state index in [2.05, 4.69) is 78.0 Å². The van der Waals surface area contributed by atoms with Crippen LogP contribution in [0.5, 0.6) is 0 Å². The Labute approximate surface area is 129 Å². The van der Waals surface area contributed by atoms with Crippen LogP contribution in [0.4, 0.5) is 5.82 Å². The Morgan fingerprint density at radius 2 is 1.57 bits per heavy atom. The Morgan fingerprint density at radius 1 is 0.952 bits per heavy atom. The normalized spacial score (nSPS) is 12.7. The number of nitrogens with one attached hydrogen (secondary N) is 1. The third kappa shape index (κ3) is 3.20. The van der Waals surface area contributed by atoms with Gasteiger partial charge in [0.25, 0.3) is 0 Å². The van der Waals surface area contributed by atoms with Crippen LogP contribution in [0.2, 0.25) is 0 Å². The third-order valence-electron chi connectivity index (χ3n) is 3.81. The molecule has 0 aliphatic carbocycles. The van der Waals surface area contributed by atoms with Crippen LogP contribution in [-0.4, -0.2) is 11.5 Å². The average molecular weight is 284 g/mol. The zero-order valence-electron chi connectivity index (χ0n) is 14.5. The maximum absolute atomic E-state index is 4.99. The van der Waals surface area contributed by atoms with Crippen LogP contribution in [0.15, 0.2) is 24.3 Å². The van der Waals surface area contributed by atoms with Gasteiger partial charge in [0.05, 0.1) is 5.52 Å². The van der Waals surface area contributed by atoms with E-state index in [1.165, 1.54) is 16.5 Å². The maximum atomic E-state index is 4.99. The van der Waals surface area contributed by atoms with Crippen LogP contribution in [0.1, 0.15) is 59.6 Å². The summed E-state index contributed by atoms with van der Waals surface area (Å²) in [5.74, 6) is 1.02. The first-order valence-electron chi connectivity index (χ1n) is 7.83. The van der Waals surface area contributed by atoms with Crippen molar-refractivity contribution in [3.63, 3.8) is 0 Å². The molecule has 0 unspecified atom stereocenters. The number of benzene rings is 1. The van der Waals surface area contributed by atoms with Crippen molar-refractivity contribution < 1.29 is 0 Å². The highest BCUT2D eigenvalue weighted by Gasteiger charge is 2.23. The zero-order valence-corrected chi connectivity index (χ0v) is 14.5. The predicted molar refractivity (Wildman–Crippen MR) is 93.3 cm³/mol. The Morgan fingerprint density at radius 3 is 2.10 bits per heavy atom. The Balaban J connectivity index is 2.78. The Bertz CT molecular complexity index is 643. The molecule has 0 aliphatic rings. The van der Waals surface area contributed by atoms with E-state index >= 15 is 0 Å². The molecular formula is C19H28N2. The molecule has 0 spiro atoms. The van der Waals surface area contributed by atoms with Crippen molar-refractivity contribution in [2.24, 2.45) is 0 Å². The lowest BCUT2D eigenvalue weighted by Gasteiger charge is -2.25. The molecule has 0 saturated heterocycles. The smallest absolute Gasteiger partial charge is 0.130 e. The summed E-state index contributed by atoms with van der Waals surface area (Å²) in [4.78, 5) is 4.99. The van der Waals surface area contributed by atoms with Crippen LogP contribution >= 0.6 is 0 Å². The summed E-state index contributed by atoms with van der Waals surface area (Å²) < 4.78 is 0. The van der Waals surface area contributed by atoms with Crippen molar-refractivity contribution in [1.82, 2.24) is 4.98 Å². The molecule has 1 heterocycles. The Kier molecular flexibility index (Phi) is 4.01. The summed E-state index contributed by atoms with van der Waals surface area (Å²) in [6.45, 7) is 16.5. The van der Waals surface area contributed by atoms with Crippen LogP contribution in [-0.2, 0) is 10.8 Å². The topological polar surface area (TPSA) is 24.9 Å². The van der Waals surface area contributed by atoms with Crippen molar-refractivity contribution in [3.8, 4) is 0 Å². The van der Waals surface area contributed by atoms with E-state index in [1.807, 2.05) is 0 Å². The first-order valence-corrected chi connectivity index (χ1v) is 7.83. The fraction of sp³-hybridized carbons (Fsp3) is 0.526. The van der Waals surface area contributed by atoms with E-state index < -0.39 is 0 Å². The van der Waals surface area contributed by atoms with Crippen LogP contribution in [0.25, 0.3) is 10.9 Å². The molecule has 2 nitrogen and oxygen atoms in total. The van der Waals surface area contributed by atoms with E-state index in [-0.39, 0.29) is 10.8 Å². The summed E-state index contributed by atoms with van der Waals surface area (Å²) in [6, 6.07) is 8.81. The summed E-state index contributed by atoms with van der Waals surface area (Å²) in [5, 5.41) is 4.67. The zero-order chi connectivity index (χ0) is 15.8. The van der Waals surface area contributed by atoms with E-state index in [0.29, 0.717) is 0 Å². The lowest BCUT2D eigenvalue weighted by molar-refractivity contribution is 0.588. The summed E-state index contributed by atoms with van der Waals surface area (Å²) in [7, 11) is 0. The van der Waals surface area contributed by atoms with E-state index in [4.69, 9.17) is 4.98 Å². The van der Waals surface area contributed by atoms with Gasteiger partial charge in [-0.15, -0.1) is 0 Å². The number of anilines is 1. The maximum Gasteiger partial charge on any atom is 0.130 e. The monoisotopic (exact) mass is 284 g/mol. The highest BCUT2D eigenvalue weighted by molar-refractivity contribution is 5.86. The molecule has 0 fully saturated rings. The molecular weight excluding hydrogens is 256 g/mol. The van der Waals surface area contributed by atoms with Crippen molar-refractivity contribution in [1.29, 1.82) is 0 Å². The van der Waals surface area contributed by atoms with Gasteiger partial charge in [-0.05, 0) is 29.4 Å². The van der Waals surface area contributed by atoms with Gasteiger partial charge in [-0.3, -0.25) is 0 Å². The number of aromatic nitrogens is 1. The third-order valence-corrected chi connectivity index (χ3v) is 3.81. The number of hydrogen-bond donors (Lipinski definition) is 1. The second-order valence-corrected chi connectivity index (χ2v) is 7.79. The summed E-state index contributed by atoms with van der Waals surface area (Å²) in [5.41, 5.74) is 3.88. The molecule has 2 rings (SSSR count). The predicted octanol–water partition coefficient (Wildman–Crippen LogP) is 5.26. The number of hydrogen-bond acceptors (Lipinski definition) is 2. The van der Waals surface area contributed by atoms with Crippen molar-refractivity contribution in [2.75, 3.05) is 11.9 Å². The summed E-state index contributed by atoms with van der Waals surface area (Å²) >= 11 is 0. The fourth-order valence-corrected chi connectivity index (χ4v) is 2.68. The van der Waals surface area contributed by atoms with E-state index in [0.717, 1.165) is 17.9 Å². The van der Waals surface area contributed by atoms with Gasteiger partial charge in [0, 0.05) is 17.5 Å². The van der Waals surface area contributed by atoms with Gasteiger partial charge in [0.2, 0.25) is 0 Å². The lowest BCUT2D eigenvalue weighted by Crippen LogP contribution is -2.18. The molecule has 1 N–H and O–H groups in total. The lowest BCUT2D eigenvalue weighted by atomic mass is 9.83. The standard InChI is InChI=1S/C19H28N2/c1-8-20-17-15(19(5,6)7)12-13-10-9-11-14(16(13)21-17)18(2,3)4/h9-12H,8H2,1-7H3,(H,20,21). The SMILES string of the molecule is CCNc1nc2c(C(C)(C)C)cccc2cc1C(C)(C)C. The molecule has 1 aromatic carbocycles. The van der Waals surface area contributed by atoms with Gasteiger partial charge in [-0.1, -0.05) is 59.7 Å². The number of pyridine rings is 1. The van der Waals surface area contributed by atoms with Gasteiger partial charge in [-0.2, -0.15) is 0 Å². The molecule has 0 bridgehead atoms. The largest absolute Gasteiger partial charge is 0.370 e. The number of fused-ring (bicyclic) bond motifs is 1. The highest BCUT2D eigenvalue weighted by Crippen LogP contribution is 2.35. The van der Waals surface area contributed by atoms with Gasteiger partial charge in [0.1, 0.15) is 5.82 Å². The quantitative estimate of drug-likeness (QED) is 0.813. The minimum atomic E-state index is 0.0798. The van der Waals surface area contributed by atoms with Gasteiger partial charge >= 0.3 is 0 Å². The molecule has 114 valence electrons. The molecule has 0 aliphatic heterocycles. The first kappa shape index (κ1) is 15.8. The summed E-state index contributed by atoms with van der Waals surface area (Å²) in [6.07, 6.45) is 0. The number of rotatable bonds is 2.